The van der Waals surface area contributed by atoms with Crippen LogP contribution in [0.2, 0.25) is 0 Å². The van der Waals surface area contributed by atoms with E-state index in [4.69, 9.17) is 0 Å². The van der Waals surface area contributed by atoms with E-state index in [0.717, 1.165) is 6.92 Å². The van der Waals surface area contributed by atoms with E-state index >= 15 is 0 Å². The van der Waals surface area contributed by atoms with E-state index in [-0.39, 0.29) is 26.2 Å². The SMILES string of the molecule is CC(=O)OC(=O)NCCN1CC(=O)OC(=O)C1. The molecule has 1 N–H and O–H groups in total. The van der Waals surface area contributed by atoms with Gasteiger partial charge in [0.1, 0.15) is 0 Å². The summed E-state index contributed by atoms with van der Waals surface area (Å²) >= 11 is 0. The number of morpholine rings is 1. The number of hydrogen-bond donors (Lipinski definition) is 1. The zero-order chi connectivity index (χ0) is 12.8. The van der Waals surface area contributed by atoms with Gasteiger partial charge in [-0.15, -0.1) is 0 Å². The zero-order valence-electron chi connectivity index (χ0n) is 9.23. The quantitative estimate of drug-likeness (QED) is 0.483. The van der Waals surface area contributed by atoms with E-state index in [1.54, 1.807) is 0 Å². The number of esters is 3. The summed E-state index contributed by atoms with van der Waals surface area (Å²) in [6.45, 7) is 1.55. The molecule has 0 unspecified atom stereocenters. The molecule has 94 valence electrons. The summed E-state index contributed by atoms with van der Waals surface area (Å²) in [5.74, 6) is -1.95. The Morgan fingerprint density at radius 1 is 1.35 bits per heavy atom. The van der Waals surface area contributed by atoms with Crippen LogP contribution in [-0.2, 0) is 23.9 Å². The third-order valence-corrected chi connectivity index (χ3v) is 1.87. The van der Waals surface area contributed by atoms with Crippen LogP contribution in [0.5, 0.6) is 0 Å². The molecule has 0 bridgehead atoms. The second kappa shape index (κ2) is 5.94. The van der Waals surface area contributed by atoms with Gasteiger partial charge in [-0.1, -0.05) is 0 Å². The molecule has 1 rings (SSSR count). The summed E-state index contributed by atoms with van der Waals surface area (Å²) in [4.78, 5) is 44.6. The highest BCUT2D eigenvalue weighted by molar-refractivity contribution is 5.90. The minimum absolute atomic E-state index is 0.00479. The highest BCUT2D eigenvalue weighted by atomic mass is 16.6. The molecule has 0 saturated carbocycles. The van der Waals surface area contributed by atoms with Crippen LogP contribution < -0.4 is 5.32 Å². The Morgan fingerprint density at radius 2 is 1.94 bits per heavy atom. The minimum Gasteiger partial charge on any atom is -0.391 e. The van der Waals surface area contributed by atoms with Gasteiger partial charge in [0.15, 0.2) is 0 Å². The van der Waals surface area contributed by atoms with Crippen molar-refractivity contribution in [2.75, 3.05) is 26.2 Å². The van der Waals surface area contributed by atoms with Crippen molar-refractivity contribution in [3.05, 3.63) is 0 Å². The molecule has 1 saturated heterocycles. The fraction of sp³-hybridized carbons (Fsp3) is 0.556. The number of carbonyl (C=O) groups excluding carboxylic acids is 4. The molecule has 17 heavy (non-hydrogen) atoms. The van der Waals surface area contributed by atoms with Crippen molar-refractivity contribution < 1.29 is 28.7 Å². The maximum Gasteiger partial charge on any atom is 0.414 e. The number of nitrogens with one attached hydrogen (secondary N) is 1. The molecule has 0 spiro atoms. The second-order valence-electron chi connectivity index (χ2n) is 3.36. The number of ether oxygens (including phenoxy) is 2. The Labute approximate surface area is 96.8 Å². The van der Waals surface area contributed by atoms with Gasteiger partial charge in [0.2, 0.25) is 0 Å². The van der Waals surface area contributed by atoms with Crippen LogP contribution in [0.3, 0.4) is 0 Å². The molecular weight excluding hydrogens is 232 g/mol. The van der Waals surface area contributed by atoms with E-state index in [0.29, 0.717) is 0 Å². The maximum atomic E-state index is 10.9. The molecule has 8 heteroatoms. The standard InChI is InChI=1S/C9H12N2O6/c1-6(12)16-9(15)10-2-3-11-4-7(13)17-8(14)5-11/h2-5H2,1H3,(H,10,15). The number of hydrogen-bond acceptors (Lipinski definition) is 7. The Kier molecular flexibility index (Phi) is 4.58. The number of alkyl carbamates (subject to hydrolysis) is 1. The first-order valence-electron chi connectivity index (χ1n) is 4.89. The number of nitrogens with zero attached hydrogens (tertiary/aromatic N) is 1. The molecule has 8 nitrogen and oxygen atoms in total. The van der Waals surface area contributed by atoms with Gasteiger partial charge in [0.25, 0.3) is 0 Å². The first-order valence-corrected chi connectivity index (χ1v) is 4.89. The van der Waals surface area contributed by atoms with E-state index < -0.39 is 24.0 Å². The van der Waals surface area contributed by atoms with Crippen LogP contribution >= 0.6 is 0 Å². The smallest absolute Gasteiger partial charge is 0.391 e. The summed E-state index contributed by atoms with van der Waals surface area (Å²) in [5, 5.41) is 2.30. The van der Waals surface area contributed by atoms with E-state index in [9.17, 15) is 19.2 Å². The Bertz CT molecular complexity index is 337. The zero-order valence-corrected chi connectivity index (χ0v) is 9.23. The van der Waals surface area contributed by atoms with Gasteiger partial charge in [-0.25, -0.2) is 4.79 Å². The summed E-state index contributed by atoms with van der Waals surface area (Å²) in [6.07, 6.45) is -0.858. The van der Waals surface area contributed by atoms with E-state index in [2.05, 4.69) is 14.8 Å². The third kappa shape index (κ3) is 5.07. The van der Waals surface area contributed by atoms with Crippen molar-refractivity contribution in [1.82, 2.24) is 10.2 Å². The second-order valence-corrected chi connectivity index (χ2v) is 3.36. The fourth-order valence-corrected chi connectivity index (χ4v) is 1.25. The van der Waals surface area contributed by atoms with Gasteiger partial charge in [-0.3, -0.25) is 19.3 Å². The lowest BCUT2D eigenvalue weighted by Crippen LogP contribution is -2.46. The number of carbonyl (C=O) groups is 4. The Morgan fingerprint density at radius 3 is 2.47 bits per heavy atom. The van der Waals surface area contributed by atoms with Gasteiger partial charge >= 0.3 is 24.0 Å². The molecule has 1 aliphatic rings. The average Bonchev–Trinajstić information content (AvgIpc) is 2.14. The number of rotatable bonds is 3. The molecule has 0 aromatic rings. The molecule has 1 fully saturated rings. The fourth-order valence-electron chi connectivity index (χ4n) is 1.25. The van der Waals surface area contributed by atoms with Crippen LogP contribution in [0.25, 0.3) is 0 Å². The third-order valence-electron chi connectivity index (χ3n) is 1.87. The first-order chi connectivity index (χ1) is 7.97. The monoisotopic (exact) mass is 244 g/mol. The summed E-state index contributed by atoms with van der Waals surface area (Å²) in [6, 6.07) is 0. The van der Waals surface area contributed by atoms with E-state index in [1.807, 2.05) is 0 Å². The van der Waals surface area contributed by atoms with Crippen molar-refractivity contribution >= 4 is 24.0 Å². The predicted octanol–water partition coefficient (Wildman–Crippen LogP) is -1.36. The van der Waals surface area contributed by atoms with Crippen molar-refractivity contribution in [3.63, 3.8) is 0 Å². The van der Waals surface area contributed by atoms with Gasteiger partial charge < -0.3 is 14.8 Å². The van der Waals surface area contributed by atoms with Crippen molar-refractivity contribution in [2.45, 2.75) is 6.92 Å². The van der Waals surface area contributed by atoms with Gasteiger partial charge in [0, 0.05) is 20.0 Å². The summed E-state index contributed by atoms with van der Waals surface area (Å²) in [5.41, 5.74) is 0. The molecule has 0 aromatic heterocycles. The number of amides is 1. The summed E-state index contributed by atoms with van der Waals surface area (Å²) < 4.78 is 8.54. The van der Waals surface area contributed by atoms with Gasteiger partial charge in [-0.2, -0.15) is 0 Å². The lowest BCUT2D eigenvalue weighted by molar-refractivity contribution is -0.166. The summed E-state index contributed by atoms with van der Waals surface area (Å²) in [7, 11) is 0. The van der Waals surface area contributed by atoms with Crippen molar-refractivity contribution in [3.8, 4) is 0 Å². The molecule has 0 aromatic carbocycles. The van der Waals surface area contributed by atoms with Crippen molar-refractivity contribution in [2.24, 2.45) is 0 Å². The van der Waals surface area contributed by atoms with Crippen LogP contribution in [0.15, 0.2) is 0 Å². The van der Waals surface area contributed by atoms with Crippen LogP contribution in [-0.4, -0.2) is 55.1 Å². The molecule has 1 amide bonds. The van der Waals surface area contributed by atoms with Gasteiger partial charge in [-0.05, 0) is 0 Å². The molecule has 1 aliphatic heterocycles. The highest BCUT2D eigenvalue weighted by Crippen LogP contribution is 1.98. The molecule has 0 atom stereocenters. The number of cyclic esters (lactones) is 2. The van der Waals surface area contributed by atoms with Crippen molar-refractivity contribution in [1.29, 1.82) is 0 Å². The largest absolute Gasteiger partial charge is 0.414 e. The maximum absolute atomic E-state index is 10.9. The highest BCUT2D eigenvalue weighted by Gasteiger charge is 2.24. The topological polar surface area (TPSA) is 102 Å². The molecule has 0 radical (unpaired) electrons. The van der Waals surface area contributed by atoms with Crippen LogP contribution in [0.1, 0.15) is 6.92 Å². The average molecular weight is 244 g/mol. The normalized spacial score (nSPS) is 16.3. The Hall–Kier alpha value is -1.96. The molecule has 0 aliphatic carbocycles. The van der Waals surface area contributed by atoms with Gasteiger partial charge in [0.05, 0.1) is 13.1 Å². The lowest BCUT2D eigenvalue weighted by atomic mass is 10.4. The van der Waals surface area contributed by atoms with Crippen LogP contribution in [0, 0.1) is 0 Å². The van der Waals surface area contributed by atoms with E-state index in [1.165, 1.54) is 4.90 Å². The predicted molar refractivity (Wildman–Crippen MR) is 52.7 cm³/mol. The first kappa shape index (κ1) is 13.1. The minimum atomic E-state index is -0.858. The lowest BCUT2D eigenvalue weighted by Gasteiger charge is -2.23. The molecule has 1 heterocycles. The Balaban J connectivity index is 2.22. The molecular formula is C9H12N2O6. The van der Waals surface area contributed by atoms with Crippen LogP contribution in [0.4, 0.5) is 4.79 Å².